The van der Waals surface area contributed by atoms with Crippen LogP contribution in [-0.2, 0) is 21.5 Å². The number of hydrogen-bond donors (Lipinski definition) is 1. The van der Waals surface area contributed by atoms with Gasteiger partial charge in [-0.05, 0) is 35.7 Å². The molecule has 0 bridgehead atoms. The molecule has 0 spiro atoms. The summed E-state index contributed by atoms with van der Waals surface area (Å²) in [4.78, 5) is 38.7. The molecule has 0 saturated carbocycles. The van der Waals surface area contributed by atoms with E-state index in [0.29, 0.717) is 29.2 Å². The highest BCUT2D eigenvalue weighted by Crippen LogP contribution is 2.52. The van der Waals surface area contributed by atoms with E-state index in [1.165, 1.54) is 31.4 Å². The van der Waals surface area contributed by atoms with Gasteiger partial charge in [-0.15, -0.1) is 0 Å². The fraction of sp³-hybridized carbons (Fsp3) is 0.259. The highest BCUT2D eigenvalue weighted by atomic mass is 16.6. The fourth-order valence-electron chi connectivity index (χ4n) is 4.86. The van der Waals surface area contributed by atoms with Crippen molar-refractivity contribution in [3.05, 3.63) is 99.6 Å². The van der Waals surface area contributed by atoms with E-state index in [1.54, 1.807) is 23.1 Å². The third-order valence-corrected chi connectivity index (χ3v) is 6.50. The number of likely N-dealkylation sites (tertiary alicyclic amines) is 1. The molecule has 3 aromatic carbocycles. The molecule has 0 aliphatic carbocycles. The van der Waals surface area contributed by atoms with Crippen molar-refractivity contribution < 1.29 is 29.1 Å². The number of carboxylic acid groups (broad SMARTS) is 1. The number of benzene rings is 3. The Bertz CT molecular complexity index is 1280. The number of nitro groups is 1. The predicted octanol–water partition coefficient (Wildman–Crippen LogP) is 4.50. The van der Waals surface area contributed by atoms with Crippen molar-refractivity contribution in [3.63, 3.8) is 0 Å². The lowest BCUT2D eigenvalue weighted by Crippen LogP contribution is -2.42. The number of carbonyl (C=O) groups is 2. The van der Waals surface area contributed by atoms with Gasteiger partial charge in [-0.25, -0.2) is 0 Å². The van der Waals surface area contributed by atoms with Gasteiger partial charge in [0.15, 0.2) is 11.5 Å². The number of nitrogens with zero attached hydrogens (tertiary/aromatic N) is 2. The molecule has 1 heterocycles. The molecule has 186 valence electrons. The first-order chi connectivity index (χ1) is 17.3. The van der Waals surface area contributed by atoms with Gasteiger partial charge in [0.25, 0.3) is 5.69 Å². The van der Waals surface area contributed by atoms with Gasteiger partial charge in [-0.2, -0.15) is 0 Å². The average Bonchev–Trinajstić information content (AvgIpc) is 3.17. The van der Waals surface area contributed by atoms with Crippen LogP contribution in [0.25, 0.3) is 0 Å². The molecule has 0 radical (unpaired) electrons. The van der Waals surface area contributed by atoms with Crippen molar-refractivity contribution >= 4 is 17.6 Å². The molecule has 4 rings (SSSR count). The minimum Gasteiger partial charge on any atom is -0.493 e. The second-order valence-corrected chi connectivity index (χ2v) is 8.51. The lowest BCUT2D eigenvalue weighted by atomic mass is 9.71. The molecular weight excluding hydrogens is 464 g/mol. The predicted molar refractivity (Wildman–Crippen MR) is 131 cm³/mol. The van der Waals surface area contributed by atoms with Gasteiger partial charge in [-0.1, -0.05) is 48.5 Å². The zero-order valence-electron chi connectivity index (χ0n) is 19.9. The van der Waals surface area contributed by atoms with Gasteiger partial charge in [-0.3, -0.25) is 19.7 Å². The van der Waals surface area contributed by atoms with Gasteiger partial charge in [0.2, 0.25) is 5.91 Å². The van der Waals surface area contributed by atoms with Gasteiger partial charge < -0.3 is 19.5 Å². The molecule has 1 N–H and O–H groups in total. The summed E-state index contributed by atoms with van der Waals surface area (Å²) >= 11 is 0. The number of nitro benzene ring substituents is 1. The maximum absolute atomic E-state index is 13.5. The SMILES string of the molecule is CCOc1cc([C@H]2N(Cc3ccccc3)C(=O)C[C@@]2(C(=O)O)c2ccc([N+](=O)[O-])cc2)ccc1OC. The van der Waals surface area contributed by atoms with Gasteiger partial charge in [0.1, 0.15) is 5.41 Å². The van der Waals surface area contributed by atoms with Crippen molar-refractivity contribution in [2.45, 2.75) is 31.3 Å². The Morgan fingerprint density at radius 1 is 1.11 bits per heavy atom. The lowest BCUT2D eigenvalue weighted by Gasteiger charge is -2.35. The van der Waals surface area contributed by atoms with Crippen LogP contribution in [-0.4, -0.2) is 40.5 Å². The normalized spacial score (nSPS) is 19.2. The highest BCUT2D eigenvalue weighted by molar-refractivity contribution is 5.95. The van der Waals surface area contributed by atoms with Crippen LogP contribution in [0.2, 0.25) is 0 Å². The Hall–Kier alpha value is -4.40. The Morgan fingerprint density at radius 3 is 2.39 bits per heavy atom. The molecule has 1 aliphatic rings. The monoisotopic (exact) mass is 490 g/mol. The van der Waals surface area contributed by atoms with Crippen LogP contribution in [0.3, 0.4) is 0 Å². The van der Waals surface area contributed by atoms with E-state index in [4.69, 9.17) is 9.47 Å². The Morgan fingerprint density at radius 2 is 1.81 bits per heavy atom. The van der Waals surface area contributed by atoms with E-state index >= 15 is 0 Å². The van der Waals surface area contributed by atoms with Gasteiger partial charge >= 0.3 is 5.97 Å². The Kier molecular flexibility index (Phi) is 6.91. The molecule has 0 unspecified atom stereocenters. The molecule has 1 amide bonds. The fourth-order valence-corrected chi connectivity index (χ4v) is 4.86. The first-order valence-electron chi connectivity index (χ1n) is 11.4. The zero-order chi connectivity index (χ0) is 25.9. The molecule has 9 heteroatoms. The molecule has 36 heavy (non-hydrogen) atoms. The van der Waals surface area contributed by atoms with Crippen LogP contribution in [0.15, 0.2) is 72.8 Å². The van der Waals surface area contributed by atoms with Gasteiger partial charge in [0, 0.05) is 25.1 Å². The number of hydrogen-bond acceptors (Lipinski definition) is 6. The number of carbonyl (C=O) groups excluding carboxylic acids is 1. The molecule has 1 saturated heterocycles. The quantitative estimate of drug-likeness (QED) is 0.346. The molecule has 1 fully saturated rings. The lowest BCUT2D eigenvalue weighted by molar-refractivity contribution is -0.384. The first kappa shape index (κ1) is 24.7. The summed E-state index contributed by atoms with van der Waals surface area (Å²) in [5.41, 5.74) is -0.132. The third-order valence-electron chi connectivity index (χ3n) is 6.50. The summed E-state index contributed by atoms with van der Waals surface area (Å²) in [6.07, 6.45) is -0.298. The Labute approximate surface area is 208 Å². The number of rotatable bonds is 9. The second kappa shape index (κ2) is 10.1. The van der Waals surface area contributed by atoms with Crippen LogP contribution in [0.5, 0.6) is 11.5 Å². The maximum atomic E-state index is 13.5. The van der Waals surface area contributed by atoms with E-state index < -0.39 is 22.3 Å². The summed E-state index contributed by atoms with van der Waals surface area (Å²) in [5.74, 6) is -0.618. The number of methoxy groups -OCH3 is 1. The largest absolute Gasteiger partial charge is 0.493 e. The van der Waals surface area contributed by atoms with Crippen LogP contribution < -0.4 is 9.47 Å². The van der Waals surface area contributed by atoms with Crippen molar-refractivity contribution in [2.75, 3.05) is 13.7 Å². The highest BCUT2D eigenvalue weighted by Gasteiger charge is 2.58. The van der Waals surface area contributed by atoms with Gasteiger partial charge in [0.05, 0.1) is 24.7 Å². The Balaban J connectivity index is 1.92. The molecular formula is C27H26N2O7. The number of aliphatic carboxylic acids is 1. The van der Waals surface area contributed by atoms with Crippen LogP contribution in [0, 0.1) is 10.1 Å². The van der Waals surface area contributed by atoms with E-state index in [9.17, 15) is 24.8 Å². The zero-order valence-corrected chi connectivity index (χ0v) is 19.9. The molecule has 1 aliphatic heterocycles. The van der Waals surface area contributed by atoms with Crippen LogP contribution >= 0.6 is 0 Å². The number of amides is 1. The average molecular weight is 491 g/mol. The molecule has 3 aromatic rings. The summed E-state index contributed by atoms with van der Waals surface area (Å²) in [6.45, 7) is 2.39. The van der Waals surface area contributed by atoms with Crippen molar-refractivity contribution in [3.8, 4) is 11.5 Å². The van der Waals surface area contributed by atoms with E-state index in [-0.39, 0.29) is 24.6 Å². The van der Waals surface area contributed by atoms with Crippen molar-refractivity contribution in [1.29, 1.82) is 0 Å². The number of ether oxygens (including phenoxy) is 2. The third kappa shape index (κ3) is 4.35. The minimum atomic E-state index is -1.68. The van der Waals surface area contributed by atoms with E-state index in [2.05, 4.69) is 0 Å². The van der Waals surface area contributed by atoms with E-state index in [0.717, 1.165) is 5.56 Å². The maximum Gasteiger partial charge on any atom is 0.317 e. The van der Waals surface area contributed by atoms with Crippen molar-refractivity contribution in [1.82, 2.24) is 4.90 Å². The molecule has 2 atom stereocenters. The number of non-ortho nitro benzene ring substituents is 1. The smallest absolute Gasteiger partial charge is 0.317 e. The number of carboxylic acids is 1. The minimum absolute atomic E-state index is 0.163. The second-order valence-electron chi connectivity index (χ2n) is 8.51. The topological polar surface area (TPSA) is 119 Å². The summed E-state index contributed by atoms with van der Waals surface area (Å²) in [7, 11) is 1.51. The van der Waals surface area contributed by atoms with E-state index in [1.807, 2.05) is 37.3 Å². The molecule has 0 aromatic heterocycles. The molecule has 9 nitrogen and oxygen atoms in total. The summed E-state index contributed by atoms with van der Waals surface area (Å²) in [5, 5.41) is 21.8. The van der Waals surface area contributed by atoms with Crippen LogP contribution in [0.1, 0.15) is 36.1 Å². The standard InChI is InChI=1S/C27H26N2O7/c1-3-36-23-15-19(9-14-22(23)35-2)25-27(26(31)32,20-10-12-21(13-11-20)29(33)34)16-24(30)28(25)17-18-7-5-4-6-8-18/h4-15,25H,3,16-17H2,1-2H3,(H,31,32)/t25-,27-/m1/s1. The van der Waals surface area contributed by atoms with Crippen LogP contribution in [0.4, 0.5) is 5.69 Å². The first-order valence-corrected chi connectivity index (χ1v) is 11.4. The summed E-state index contributed by atoms with van der Waals surface area (Å²) < 4.78 is 11.1. The summed E-state index contributed by atoms with van der Waals surface area (Å²) in [6, 6.07) is 18.9. The van der Waals surface area contributed by atoms with Crippen molar-refractivity contribution in [2.24, 2.45) is 0 Å².